The van der Waals surface area contributed by atoms with Gasteiger partial charge in [0.1, 0.15) is 0 Å². The van der Waals surface area contributed by atoms with Crippen molar-refractivity contribution >= 4 is 22.5 Å². The topological polar surface area (TPSA) is 71.9 Å². The number of rotatable bonds is 3. The lowest BCUT2D eigenvalue weighted by atomic mass is 10.1. The van der Waals surface area contributed by atoms with Gasteiger partial charge in [-0.2, -0.15) is 5.10 Å². The number of H-pyrrole nitrogens is 1. The Balaban J connectivity index is 1.48. The van der Waals surface area contributed by atoms with Gasteiger partial charge in [-0.15, -0.1) is 0 Å². The normalized spacial score (nSPS) is 15.8. The van der Waals surface area contributed by atoms with Crippen LogP contribution < -0.4 is 5.32 Å². The van der Waals surface area contributed by atoms with Crippen molar-refractivity contribution in [1.82, 2.24) is 14.8 Å². The maximum absolute atomic E-state index is 12.4. The fourth-order valence-corrected chi connectivity index (χ4v) is 2.95. The van der Waals surface area contributed by atoms with Gasteiger partial charge in [-0.25, -0.2) is 0 Å². The molecule has 3 heterocycles. The van der Waals surface area contributed by atoms with Crippen molar-refractivity contribution in [3.05, 3.63) is 48.4 Å². The molecule has 3 aromatic rings. The van der Waals surface area contributed by atoms with Gasteiger partial charge in [0, 0.05) is 42.1 Å². The molecular weight excluding hydrogens is 292 g/mol. The average molecular weight is 310 g/mol. The van der Waals surface area contributed by atoms with E-state index in [-0.39, 0.29) is 5.91 Å². The highest BCUT2D eigenvalue weighted by Gasteiger charge is 2.17. The van der Waals surface area contributed by atoms with Crippen LogP contribution >= 0.6 is 0 Å². The quantitative estimate of drug-likeness (QED) is 0.781. The van der Waals surface area contributed by atoms with Crippen LogP contribution in [0.25, 0.3) is 10.9 Å². The highest BCUT2D eigenvalue weighted by atomic mass is 16.5. The van der Waals surface area contributed by atoms with Crippen molar-refractivity contribution in [2.75, 3.05) is 18.5 Å². The van der Waals surface area contributed by atoms with E-state index in [1.54, 1.807) is 6.20 Å². The fourth-order valence-electron chi connectivity index (χ4n) is 2.95. The summed E-state index contributed by atoms with van der Waals surface area (Å²) in [6, 6.07) is 7.91. The van der Waals surface area contributed by atoms with Crippen molar-refractivity contribution in [3.63, 3.8) is 0 Å². The number of amides is 1. The number of nitrogens with one attached hydrogen (secondary N) is 2. The van der Waals surface area contributed by atoms with E-state index in [4.69, 9.17) is 4.74 Å². The molecule has 2 aromatic heterocycles. The molecule has 1 amide bonds. The average Bonchev–Trinajstić information content (AvgIpc) is 3.24. The number of hydrogen-bond donors (Lipinski definition) is 2. The largest absolute Gasteiger partial charge is 0.381 e. The third-order valence-electron chi connectivity index (χ3n) is 4.24. The van der Waals surface area contributed by atoms with E-state index in [2.05, 4.69) is 15.4 Å². The number of fused-ring (bicyclic) bond motifs is 1. The van der Waals surface area contributed by atoms with Gasteiger partial charge in [-0.1, -0.05) is 0 Å². The number of ether oxygens (including phenoxy) is 1. The van der Waals surface area contributed by atoms with E-state index in [0.717, 1.165) is 42.6 Å². The fraction of sp³-hybridized carbons (Fsp3) is 0.294. The summed E-state index contributed by atoms with van der Waals surface area (Å²) in [5.74, 6) is -0.125. The molecule has 0 aliphatic carbocycles. The van der Waals surface area contributed by atoms with Crippen LogP contribution in [0.15, 0.2) is 42.9 Å². The molecule has 6 heteroatoms. The summed E-state index contributed by atoms with van der Waals surface area (Å²) in [5.41, 5.74) is 2.38. The maximum Gasteiger partial charge on any atom is 0.255 e. The number of benzene rings is 1. The Morgan fingerprint density at radius 3 is 3.04 bits per heavy atom. The number of aromatic nitrogens is 3. The monoisotopic (exact) mass is 310 g/mol. The van der Waals surface area contributed by atoms with Gasteiger partial charge in [0.2, 0.25) is 0 Å². The Labute approximate surface area is 133 Å². The SMILES string of the molecule is O=C(Nc1cnn(C2CCOCC2)c1)c1ccc2[nH]ccc2c1. The second-order valence-corrected chi connectivity index (χ2v) is 5.79. The molecule has 23 heavy (non-hydrogen) atoms. The molecule has 0 atom stereocenters. The summed E-state index contributed by atoms with van der Waals surface area (Å²) in [4.78, 5) is 15.5. The second kappa shape index (κ2) is 5.89. The molecule has 1 aliphatic heterocycles. The van der Waals surface area contributed by atoms with Crippen LogP contribution in [-0.2, 0) is 4.74 Å². The minimum Gasteiger partial charge on any atom is -0.381 e. The first-order valence-corrected chi connectivity index (χ1v) is 7.80. The molecule has 1 saturated heterocycles. The van der Waals surface area contributed by atoms with Crippen LogP contribution in [0.4, 0.5) is 5.69 Å². The first kappa shape index (κ1) is 14.0. The summed E-state index contributed by atoms with van der Waals surface area (Å²) in [6.45, 7) is 1.53. The Morgan fingerprint density at radius 1 is 1.30 bits per heavy atom. The Kier molecular flexibility index (Phi) is 3.59. The number of carbonyl (C=O) groups excluding carboxylic acids is 1. The third kappa shape index (κ3) is 2.85. The van der Waals surface area contributed by atoms with Crippen LogP contribution in [0.3, 0.4) is 0 Å². The number of aromatic amines is 1. The minimum atomic E-state index is -0.125. The van der Waals surface area contributed by atoms with Gasteiger partial charge in [0.05, 0.1) is 17.9 Å². The van der Waals surface area contributed by atoms with Crippen LogP contribution in [0.2, 0.25) is 0 Å². The van der Waals surface area contributed by atoms with E-state index < -0.39 is 0 Å². The van der Waals surface area contributed by atoms with E-state index in [0.29, 0.717) is 11.6 Å². The van der Waals surface area contributed by atoms with Crippen LogP contribution in [-0.4, -0.2) is 33.9 Å². The molecular formula is C17H18N4O2. The lowest BCUT2D eigenvalue weighted by Crippen LogP contribution is -2.19. The second-order valence-electron chi connectivity index (χ2n) is 5.79. The van der Waals surface area contributed by atoms with Crippen molar-refractivity contribution in [3.8, 4) is 0 Å². The molecule has 2 N–H and O–H groups in total. The molecule has 0 unspecified atom stereocenters. The summed E-state index contributed by atoms with van der Waals surface area (Å²) in [7, 11) is 0. The molecule has 0 spiro atoms. The van der Waals surface area contributed by atoms with Gasteiger partial charge in [0.25, 0.3) is 5.91 Å². The van der Waals surface area contributed by atoms with Crippen molar-refractivity contribution in [2.24, 2.45) is 0 Å². The van der Waals surface area contributed by atoms with E-state index in [1.807, 2.05) is 41.3 Å². The van der Waals surface area contributed by atoms with Crippen molar-refractivity contribution in [2.45, 2.75) is 18.9 Å². The van der Waals surface area contributed by atoms with Crippen LogP contribution in [0, 0.1) is 0 Å². The van der Waals surface area contributed by atoms with Gasteiger partial charge in [-0.3, -0.25) is 9.48 Å². The first-order chi connectivity index (χ1) is 11.3. The zero-order valence-electron chi connectivity index (χ0n) is 12.7. The number of carbonyl (C=O) groups is 1. The Bertz CT molecular complexity index is 830. The highest BCUT2D eigenvalue weighted by molar-refractivity contribution is 6.06. The third-order valence-corrected chi connectivity index (χ3v) is 4.24. The van der Waals surface area contributed by atoms with E-state index in [9.17, 15) is 4.79 Å². The summed E-state index contributed by atoms with van der Waals surface area (Å²) >= 11 is 0. The first-order valence-electron chi connectivity index (χ1n) is 7.80. The predicted octanol–water partition coefficient (Wildman–Crippen LogP) is 2.97. The lowest BCUT2D eigenvalue weighted by molar-refractivity contribution is 0.0662. The van der Waals surface area contributed by atoms with Gasteiger partial charge >= 0.3 is 0 Å². The molecule has 4 rings (SSSR count). The van der Waals surface area contributed by atoms with Crippen molar-refractivity contribution < 1.29 is 9.53 Å². The van der Waals surface area contributed by atoms with Crippen molar-refractivity contribution in [1.29, 1.82) is 0 Å². The molecule has 1 aliphatic rings. The van der Waals surface area contributed by atoms with E-state index >= 15 is 0 Å². The van der Waals surface area contributed by atoms with Gasteiger partial charge < -0.3 is 15.0 Å². The molecule has 0 saturated carbocycles. The standard InChI is InChI=1S/C17H18N4O2/c22-17(13-1-2-16-12(9-13)3-6-18-16)20-14-10-19-21(11-14)15-4-7-23-8-5-15/h1-3,6,9-11,15,18H,4-5,7-8H2,(H,20,22). The number of anilines is 1. The smallest absolute Gasteiger partial charge is 0.255 e. The van der Waals surface area contributed by atoms with Gasteiger partial charge in [0.15, 0.2) is 0 Å². The number of hydrogen-bond acceptors (Lipinski definition) is 3. The lowest BCUT2D eigenvalue weighted by Gasteiger charge is -2.22. The molecule has 0 radical (unpaired) electrons. The minimum absolute atomic E-state index is 0.125. The molecule has 1 fully saturated rings. The molecule has 118 valence electrons. The Morgan fingerprint density at radius 2 is 2.17 bits per heavy atom. The molecule has 1 aromatic carbocycles. The summed E-state index contributed by atoms with van der Waals surface area (Å²) in [5, 5.41) is 8.30. The molecule has 6 nitrogen and oxygen atoms in total. The van der Waals surface area contributed by atoms with Crippen LogP contribution in [0.5, 0.6) is 0 Å². The van der Waals surface area contributed by atoms with Gasteiger partial charge in [-0.05, 0) is 37.1 Å². The zero-order chi connectivity index (χ0) is 15.6. The zero-order valence-corrected chi connectivity index (χ0v) is 12.7. The Hall–Kier alpha value is -2.60. The van der Waals surface area contributed by atoms with E-state index in [1.165, 1.54) is 0 Å². The maximum atomic E-state index is 12.4. The summed E-state index contributed by atoms with van der Waals surface area (Å²) in [6.07, 6.45) is 7.37. The predicted molar refractivity (Wildman–Crippen MR) is 87.6 cm³/mol. The highest BCUT2D eigenvalue weighted by Crippen LogP contribution is 2.22. The molecule has 0 bridgehead atoms. The van der Waals surface area contributed by atoms with Crippen LogP contribution in [0.1, 0.15) is 29.2 Å². The summed E-state index contributed by atoms with van der Waals surface area (Å²) < 4.78 is 7.29. The number of nitrogens with zero attached hydrogens (tertiary/aromatic N) is 2.